The van der Waals surface area contributed by atoms with Gasteiger partial charge < -0.3 is 9.64 Å². The minimum Gasteiger partial charge on any atom is -0.490 e. The van der Waals surface area contributed by atoms with Gasteiger partial charge in [-0.15, -0.1) is 0 Å². The summed E-state index contributed by atoms with van der Waals surface area (Å²) in [7, 11) is 0. The molecule has 0 aliphatic carbocycles. The molecule has 0 saturated carbocycles. The molecular formula is C20H19BrClN3O2. The summed E-state index contributed by atoms with van der Waals surface area (Å²) in [6, 6.07) is 11.3. The van der Waals surface area contributed by atoms with Crippen molar-refractivity contribution in [2.75, 3.05) is 13.1 Å². The van der Waals surface area contributed by atoms with Crippen LogP contribution >= 0.6 is 27.5 Å². The number of halogens is 2. The lowest BCUT2D eigenvalue weighted by atomic mass is 10.1. The average Bonchev–Trinajstić information content (AvgIpc) is 3.08. The number of amides is 1. The van der Waals surface area contributed by atoms with Gasteiger partial charge in [0.2, 0.25) is 0 Å². The summed E-state index contributed by atoms with van der Waals surface area (Å²) in [5.74, 6) is 0.795. The van der Waals surface area contributed by atoms with Crippen LogP contribution in [-0.2, 0) is 0 Å². The van der Waals surface area contributed by atoms with Gasteiger partial charge in [0.15, 0.2) is 0 Å². The Hall–Kier alpha value is -2.05. The Balaban J connectivity index is 1.44. The Bertz CT molecular complexity index is 979. The summed E-state index contributed by atoms with van der Waals surface area (Å²) in [5, 5.41) is 8.80. The van der Waals surface area contributed by atoms with E-state index in [0.29, 0.717) is 23.8 Å². The van der Waals surface area contributed by atoms with Gasteiger partial charge in [0, 0.05) is 40.8 Å². The second-order valence-corrected chi connectivity index (χ2v) is 8.13. The molecule has 0 bridgehead atoms. The predicted octanol–water partition coefficient (Wildman–Crippen LogP) is 4.97. The van der Waals surface area contributed by atoms with Gasteiger partial charge in [-0.2, -0.15) is 5.10 Å². The van der Waals surface area contributed by atoms with Gasteiger partial charge in [-0.05, 0) is 48.9 Å². The number of nitrogens with one attached hydrogen (secondary N) is 1. The molecule has 1 amide bonds. The second kappa shape index (κ2) is 7.52. The van der Waals surface area contributed by atoms with E-state index in [4.69, 9.17) is 16.3 Å². The van der Waals surface area contributed by atoms with Gasteiger partial charge >= 0.3 is 0 Å². The number of hydrogen-bond acceptors (Lipinski definition) is 3. The van der Waals surface area contributed by atoms with Gasteiger partial charge in [0.1, 0.15) is 17.5 Å². The average molecular weight is 449 g/mol. The lowest BCUT2D eigenvalue weighted by molar-refractivity contribution is 0.0592. The molecule has 2 heterocycles. The zero-order valence-corrected chi connectivity index (χ0v) is 17.2. The summed E-state index contributed by atoms with van der Waals surface area (Å²) in [6.07, 6.45) is 1.69. The molecule has 0 radical (unpaired) electrons. The van der Waals surface area contributed by atoms with Gasteiger partial charge in [-0.3, -0.25) is 9.89 Å². The Morgan fingerprint density at radius 1 is 1.26 bits per heavy atom. The van der Waals surface area contributed by atoms with Crippen molar-refractivity contribution in [2.45, 2.75) is 25.9 Å². The van der Waals surface area contributed by atoms with Crippen LogP contribution in [0.15, 0.2) is 40.9 Å². The van der Waals surface area contributed by atoms with Crippen molar-refractivity contribution in [2.24, 2.45) is 0 Å². The molecule has 27 heavy (non-hydrogen) atoms. The van der Waals surface area contributed by atoms with E-state index >= 15 is 0 Å². The first-order valence-electron chi connectivity index (χ1n) is 8.87. The van der Waals surface area contributed by atoms with Gasteiger partial charge in [-0.25, -0.2) is 0 Å². The number of aryl methyl sites for hydroxylation is 1. The number of aromatic nitrogens is 2. The lowest BCUT2D eigenvalue weighted by Crippen LogP contribution is -2.42. The van der Waals surface area contributed by atoms with Crippen LogP contribution in [0.25, 0.3) is 10.9 Å². The molecule has 1 aromatic heterocycles. The first-order valence-corrected chi connectivity index (χ1v) is 10.0. The molecule has 1 fully saturated rings. The highest BCUT2D eigenvalue weighted by Crippen LogP contribution is 2.27. The van der Waals surface area contributed by atoms with Crippen LogP contribution in [0.5, 0.6) is 5.75 Å². The Labute approximate surface area is 170 Å². The fourth-order valence-corrected chi connectivity index (χ4v) is 4.15. The van der Waals surface area contributed by atoms with Gasteiger partial charge in [-0.1, -0.05) is 27.5 Å². The number of carbonyl (C=O) groups is 1. The first-order chi connectivity index (χ1) is 13.0. The number of carbonyl (C=O) groups excluding carboxylic acids is 1. The highest BCUT2D eigenvalue weighted by Gasteiger charge is 2.27. The maximum absolute atomic E-state index is 13.0. The maximum atomic E-state index is 13.0. The van der Waals surface area contributed by atoms with Crippen molar-refractivity contribution in [3.63, 3.8) is 0 Å². The van der Waals surface area contributed by atoms with Crippen molar-refractivity contribution in [3.05, 3.63) is 57.2 Å². The smallest absolute Gasteiger partial charge is 0.272 e. The third-order valence-corrected chi connectivity index (χ3v) is 5.58. The number of likely N-dealkylation sites (tertiary alicyclic amines) is 1. The quantitative estimate of drug-likeness (QED) is 0.615. The molecule has 0 spiro atoms. The molecule has 0 atom stereocenters. The monoisotopic (exact) mass is 447 g/mol. The Kier molecular flexibility index (Phi) is 5.10. The van der Waals surface area contributed by atoms with E-state index in [1.54, 1.807) is 0 Å². The van der Waals surface area contributed by atoms with E-state index in [1.165, 1.54) is 0 Å². The van der Waals surface area contributed by atoms with Crippen molar-refractivity contribution in [3.8, 4) is 5.75 Å². The van der Waals surface area contributed by atoms with Crippen LogP contribution in [0.3, 0.4) is 0 Å². The maximum Gasteiger partial charge on any atom is 0.272 e. The van der Waals surface area contributed by atoms with Crippen molar-refractivity contribution < 1.29 is 9.53 Å². The van der Waals surface area contributed by atoms with Crippen LogP contribution in [0.1, 0.15) is 28.9 Å². The topological polar surface area (TPSA) is 58.2 Å². The summed E-state index contributed by atoms with van der Waals surface area (Å²) in [4.78, 5) is 14.8. The minimum atomic E-state index is -0.0139. The van der Waals surface area contributed by atoms with Crippen molar-refractivity contribution in [1.82, 2.24) is 15.1 Å². The number of aromatic amines is 1. The lowest BCUT2D eigenvalue weighted by Gasteiger charge is -2.32. The summed E-state index contributed by atoms with van der Waals surface area (Å²) < 4.78 is 6.95. The molecule has 2 aromatic carbocycles. The number of nitrogens with zero attached hydrogens (tertiary/aromatic N) is 2. The third-order valence-electron chi connectivity index (χ3n) is 4.87. The third kappa shape index (κ3) is 3.82. The molecular weight excluding hydrogens is 430 g/mol. The standard InChI is InChI=1S/C20H19BrClN3O2/c1-12-10-13(21)11-17-18(12)23-24-19(17)20(26)25-8-6-16(7-9-25)27-15-4-2-14(22)3-5-15/h2-5,10-11,16H,6-9H2,1H3,(H,23,24). The molecule has 1 aliphatic heterocycles. The Morgan fingerprint density at radius 3 is 2.67 bits per heavy atom. The molecule has 1 N–H and O–H groups in total. The van der Waals surface area contributed by atoms with Gasteiger partial charge in [0.25, 0.3) is 5.91 Å². The fraction of sp³-hybridized carbons (Fsp3) is 0.300. The van der Waals surface area contributed by atoms with E-state index in [2.05, 4.69) is 26.1 Å². The minimum absolute atomic E-state index is 0.0139. The molecule has 3 aromatic rings. The number of piperidine rings is 1. The van der Waals surface area contributed by atoms with E-state index in [9.17, 15) is 4.79 Å². The highest BCUT2D eigenvalue weighted by atomic mass is 79.9. The van der Waals surface area contributed by atoms with Crippen LogP contribution < -0.4 is 4.74 Å². The van der Waals surface area contributed by atoms with Crippen LogP contribution in [0.4, 0.5) is 0 Å². The zero-order valence-electron chi connectivity index (χ0n) is 14.8. The van der Waals surface area contributed by atoms with Gasteiger partial charge in [0.05, 0.1) is 5.52 Å². The number of H-pyrrole nitrogens is 1. The van der Waals surface area contributed by atoms with E-state index in [0.717, 1.165) is 39.5 Å². The van der Waals surface area contributed by atoms with Crippen LogP contribution in [0.2, 0.25) is 5.02 Å². The first kappa shape index (κ1) is 18.3. The number of fused-ring (bicyclic) bond motifs is 1. The normalized spacial score (nSPS) is 15.3. The van der Waals surface area contributed by atoms with Crippen LogP contribution in [0, 0.1) is 6.92 Å². The highest BCUT2D eigenvalue weighted by molar-refractivity contribution is 9.10. The Morgan fingerprint density at radius 2 is 1.96 bits per heavy atom. The largest absolute Gasteiger partial charge is 0.490 e. The van der Waals surface area contributed by atoms with E-state index < -0.39 is 0 Å². The number of rotatable bonds is 3. The predicted molar refractivity (Wildman–Crippen MR) is 110 cm³/mol. The second-order valence-electron chi connectivity index (χ2n) is 6.78. The van der Waals surface area contributed by atoms with E-state index in [1.807, 2.05) is 48.2 Å². The zero-order chi connectivity index (χ0) is 19.0. The molecule has 1 saturated heterocycles. The van der Waals surface area contributed by atoms with Crippen LogP contribution in [-0.4, -0.2) is 40.2 Å². The summed E-state index contributed by atoms with van der Waals surface area (Å²) >= 11 is 9.41. The number of benzene rings is 2. The fourth-order valence-electron chi connectivity index (χ4n) is 3.45. The molecule has 4 rings (SSSR count). The molecule has 140 valence electrons. The molecule has 0 unspecified atom stereocenters. The molecule has 5 nitrogen and oxygen atoms in total. The summed E-state index contributed by atoms with van der Waals surface area (Å²) in [5.41, 5.74) is 2.42. The van der Waals surface area contributed by atoms with Crippen molar-refractivity contribution in [1.29, 1.82) is 0 Å². The SMILES string of the molecule is Cc1cc(Br)cc2c(C(=O)N3CCC(Oc4ccc(Cl)cc4)CC3)[nH]nc12. The molecule has 1 aliphatic rings. The van der Waals surface area contributed by atoms with Crippen molar-refractivity contribution >= 4 is 44.3 Å². The number of hydrogen-bond donors (Lipinski definition) is 1. The molecule has 7 heteroatoms. The summed E-state index contributed by atoms with van der Waals surface area (Å²) in [6.45, 7) is 3.30. The number of ether oxygens (including phenoxy) is 1. The van der Waals surface area contributed by atoms with E-state index in [-0.39, 0.29) is 12.0 Å².